The second kappa shape index (κ2) is 5.97. The fourth-order valence-corrected chi connectivity index (χ4v) is 2.65. The fourth-order valence-electron chi connectivity index (χ4n) is 2.15. The molecule has 4 nitrogen and oxygen atoms in total. The molecule has 2 aromatic rings. The maximum atomic E-state index is 5.72. The van der Waals surface area contributed by atoms with Crippen LogP contribution in [0, 0.1) is 0 Å². The number of nitrogens with two attached hydrogens (primary N) is 1. The van der Waals surface area contributed by atoms with Gasteiger partial charge in [-0.15, -0.1) is 0 Å². The molecule has 2 N–H and O–H groups in total. The van der Waals surface area contributed by atoms with Gasteiger partial charge in [0.15, 0.2) is 0 Å². The van der Waals surface area contributed by atoms with Crippen molar-refractivity contribution >= 4 is 15.9 Å². The highest BCUT2D eigenvalue weighted by Crippen LogP contribution is 2.36. The minimum atomic E-state index is 0.404. The van der Waals surface area contributed by atoms with Crippen LogP contribution in [0.25, 0.3) is 11.3 Å². The first-order valence-electron chi connectivity index (χ1n) is 6.59. The molecule has 1 aromatic heterocycles. The summed E-state index contributed by atoms with van der Waals surface area (Å²) in [7, 11) is 3.62. The summed E-state index contributed by atoms with van der Waals surface area (Å²) >= 11 is 3.59. The summed E-state index contributed by atoms with van der Waals surface area (Å²) in [5.74, 6) is 2.11. The predicted molar refractivity (Wildman–Crippen MR) is 84.9 cm³/mol. The van der Waals surface area contributed by atoms with E-state index >= 15 is 0 Å². The van der Waals surface area contributed by atoms with Crippen LogP contribution in [0.5, 0.6) is 5.75 Å². The summed E-state index contributed by atoms with van der Waals surface area (Å²) in [6, 6.07) is 6.22. The summed E-state index contributed by atoms with van der Waals surface area (Å²) in [6.45, 7) is 4.75. The van der Waals surface area contributed by atoms with Gasteiger partial charge < -0.3 is 15.0 Å². The van der Waals surface area contributed by atoms with Crippen LogP contribution in [0.2, 0.25) is 0 Å². The Hall–Kier alpha value is -1.33. The van der Waals surface area contributed by atoms with Crippen LogP contribution in [0.4, 0.5) is 0 Å². The monoisotopic (exact) mass is 337 g/mol. The molecule has 0 aliphatic heterocycles. The van der Waals surface area contributed by atoms with Gasteiger partial charge in [0.25, 0.3) is 0 Å². The number of aromatic nitrogens is 2. The van der Waals surface area contributed by atoms with Crippen molar-refractivity contribution in [3.8, 4) is 17.0 Å². The van der Waals surface area contributed by atoms with Crippen molar-refractivity contribution < 1.29 is 4.74 Å². The smallest absolute Gasteiger partial charge is 0.128 e. The minimum absolute atomic E-state index is 0.404. The van der Waals surface area contributed by atoms with Gasteiger partial charge in [-0.1, -0.05) is 19.9 Å². The van der Waals surface area contributed by atoms with Crippen molar-refractivity contribution in [2.45, 2.75) is 26.3 Å². The van der Waals surface area contributed by atoms with E-state index in [1.165, 1.54) is 5.56 Å². The van der Waals surface area contributed by atoms with E-state index in [0.717, 1.165) is 27.4 Å². The molecule has 1 heterocycles. The first-order valence-corrected chi connectivity index (χ1v) is 7.38. The summed E-state index contributed by atoms with van der Waals surface area (Å²) < 4.78 is 8.34. The van der Waals surface area contributed by atoms with Gasteiger partial charge in [0.2, 0.25) is 0 Å². The SMILES string of the molecule is COc1ccc(C(C)C)cc1-c1nc(CN)n(C)c1Br. The number of rotatable bonds is 4. The third-order valence-corrected chi connectivity index (χ3v) is 4.35. The molecule has 0 saturated heterocycles. The van der Waals surface area contributed by atoms with Gasteiger partial charge in [0.1, 0.15) is 21.9 Å². The Balaban J connectivity index is 2.64. The van der Waals surface area contributed by atoms with Crippen LogP contribution in [-0.2, 0) is 13.6 Å². The highest BCUT2D eigenvalue weighted by atomic mass is 79.9. The molecule has 0 aliphatic carbocycles. The molecule has 0 bridgehead atoms. The maximum absolute atomic E-state index is 5.72. The summed E-state index contributed by atoms with van der Waals surface area (Å²) in [5.41, 5.74) is 8.84. The van der Waals surface area contributed by atoms with Gasteiger partial charge in [-0.2, -0.15) is 0 Å². The molecule has 0 fully saturated rings. The molecule has 5 heteroatoms. The van der Waals surface area contributed by atoms with Crippen LogP contribution in [0.1, 0.15) is 31.2 Å². The van der Waals surface area contributed by atoms with Crippen molar-refractivity contribution in [3.63, 3.8) is 0 Å². The molecule has 1 aromatic carbocycles. The number of halogens is 1. The first kappa shape index (κ1) is 15.1. The first-order chi connectivity index (χ1) is 9.49. The zero-order valence-electron chi connectivity index (χ0n) is 12.3. The molecular formula is C15H20BrN3O. The second-order valence-electron chi connectivity index (χ2n) is 5.05. The quantitative estimate of drug-likeness (QED) is 0.929. The normalized spacial score (nSPS) is 11.2. The Morgan fingerprint density at radius 2 is 2.10 bits per heavy atom. The molecule has 0 unspecified atom stereocenters. The molecule has 108 valence electrons. The average molecular weight is 338 g/mol. The Morgan fingerprint density at radius 1 is 1.40 bits per heavy atom. The van der Waals surface area contributed by atoms with Gasteiger partial charge in [-0.25, -0.2) is 4.98 Å². The highest BCUT2D eigenvalue weighted by molar-refractivity contribution is 9.10. The van der Waals surface area contributed by atoms with E-state index in [-0.39, 0.29) is 0 Å². The van der Waals surface area contributed by atoms with E-state index in [1.54, 1.807) is 7.11 Å². The number of hydrogen-bond donors (Lipinski definition) is 1. The van der Waals surface area contributed by atoms with Crippen LogP contribution in [0.3, 0.4) is 0 Å². The lowest BCUT2D eigenvalue weighted by Crippen LogP contribution is -2.04. The summed E-state index contributed by atoms with van der Waals surface area (Å²) in [4.78, 5) is 4.62. The summed E-state index contributed by atoms with van der Waals surface area (Å²) in [5, 5.41) is 0. The number of nitrogens with zero attached hydrogens (tertiary/aromatic N) is 2. The predicted octanol–water partition coefficient (Wildman–Crippen LogP) is 3.44. The topological polar surface area (TPSA) is 53.1 Å². The van der Waals surface area contributed by atoms with E-state index in [0.29, 0.717) is 12.5 Å². The standard InChI is InChI=1S/C15H20BrN3O/c1-9(2)10-5-6-12(20-4)11(7-10)14-15(16)19(3)13(8-17)18-14/h5-7,9H,8,17H2,1-4H3. The third-order valence-electron chi connectivity index (χ3n) is 3.45. The zero-order valence-corrected chi connectivity index (χ0v) is 13.9. The van der Waals surface area contributed by atoms with Gasteiger partial charge in [-0.3, -0.25) is 0 Å². The molecule has 0 amide bonds. The largest absolute Gasteiger partial charge is 0.496 e. The molecule has 0 radical (unpaired) electrons. The average Bonchev–Trinajstić information content (AvgIpc) is 2.74. The van der Waals surface area contributed by atoms with Crippen molar-refractivity contribution in [2.24, 2.45) is 12.8 Å². The minimum Gasteiger partial charge on any atom is -0.496 e. The fraction of sp³-hybridized carbons (Fsp3) is 0.400. The highest BCUT2D eigenvalue weighted by Gasteiger charge is 2.18. The molecule has 0 spiro atoms. The van der Waals surface area contributed by atoms with Crippen molar-refractivity contribution in [1.82, 2.24) is 9.55 Å². The zero-order chi connectivity index (χ0) is 14.9. The number of hydrogen-bond acceptors (Lipinski definition) is 3. The number of methoxy groups -OCH3 is 1. The van der Waals surface area contributed by atoms with Gasteiger partial charge >= 0.3 is 0 Å². The molecule has 0 aliphatic rings. The van der Waals surface area contributed by atoms with Crippen molar-refractivity contribution in [3.05, 3.63) is 34.2 Å². The lowest BCUT2D eigenvalue weighted by Gasteiger charge is -2.12. The lowest BCUT2D eigenvalue weighted by atomic mass is 9.99. The second-order valence-corrected chi connectivity index (χ2v) is 5.80. The van der Waals surface area contributed by atoms with E-state index < -0.39 is 0 Å². The Bertz CT molecular complexity index is 620. The summed E-state index contributed by atoms with van der Waals surface area (Å²) in [6.07, 6.45) is 0. The van der Waals surface area contributed by atoms with Gasteiger partial charge in [-0.05, 0) is 39.5 Å². The molecular weight excluding hydrogens is 318 g/mol. The molecule has 20 heavy (non-hydrogen) atoms. The molecule has 0 saturated carbocycles. The van der Waals surface area contributed by atoms with E-state index in [1.807, 2.05) is 17.7 Å². The molecule has 0 atom stereocenters. The Kier molecular flexibility index (Phi) is 4.50. The van der Waals surface area contributed by atoms with Crippen LogP contribution in [-0.4, -0.2) is 16.7 Å². The lowest BCUT2D eigenvalue weighted by molar-refractivity contribution is 0.416. The van der Waals surface area contributed by atoms with Crippen LogP contribution in [0.15, 0.2) is 22.8 Å². The number of benzene rings is 1. The van der Waals surface area contributed by atoms with Crippen molar-refractivity contribution in [1.29, 1.82) is 0 Å². The van der Waals surface area contributed by atoms with Gasteiger partial charge in [0.05, 0.1) is 13.7 Å². The third kappa shape index (κ3) is 2.60. The Labute approximate surface area is 128 Å². The van der Waals surface area contributed by atoms with E-state index in [9.17, 15) is 0 Å². The van der Waals surface area contributed by atoms with E-state index in [2.05, 4.69) is 46.9 Å². The van der Waals surface area contributed by atoms with Crippen LogP contribution >= 0.6 is 15.9 Å². The van der Waals surface area contributed by atoms with Crippen LogP contribution < -0.4 is 10.5 Å². The molecule has 2 rings (SSSR count). The van der Waals surface area contributed by atoms with E-state index in [4.69, 9.17) is 10.5 Å². The van der Waals surface area contributed by atoms with Gasteiger partial charge in [0, 0.05) is 12.6 Å². The number of ether oxygens (including phenoxy) is 1. The maximum Gasteiger partial charge on any atom is 0.128 e. The Morgan fingerprint density at radius 3 is 2.60 bits per heavy atom. The van der Waals surface area contributed by atoms with Crippen molar-refractivity contribution in [2.75, 3.05) is 7.11 Å². The number of imidazole rings is 1.